The Morgan fingerprint density at radius 2 is 1.88 bits per heavy atom. The van der Waals surface area contributed by atoms with Crippen molar-refractivity contribution in [2.75, 3.05) is 12.4 Å². The molecule has 3 nitrogen and oxygen atoms in total. The topological polar surface area (TPSA) is 42.0 Å². The van der Waals surface area contributed by atoms with E-state index in [4.69, 9.17) is 0 Å². The van der Waals surface area contributed by atoms with Crippen molar-refractivity contribution < 1.29 is 4.79 Å². The summed E-state index contributed by atoms with van der Waals surface area (Å²) >= 11 is 0. The quantitative estimate of drug-likeness (QED) is 0.794. The van der Waals surface area contributed by atoms with Gasteiger partial charge in [-0.3, -0.25) is 9.78 Å². The average Bonchev–Trinajstić information content (AvgIpc) is 2.39. The molecule has 1 heterocycles. The van der Waals surface area contributed by atoms with Gasteiger partial charge in [0, 0.05) is 36.3 Å². The molecule has 0 saturated heterocycles. The SMILES string of the molecule is CNc1ccc(C(=O)c2cccnc2)cc1. The second-order valence-corrected chi connectivity index (χ2v) is 3.40. The molecule has 0 saturated carbocycles. The minimum absolute atomic E-state index is 0.00393. The van der Waals surface area contributed by atoms with Gasteiger partial charge < -0.3 is 5.32 Å². The van der Waals surface area contributed by atoms with Crippen LogP contribution in [0.1, 0.15) is 15.9 Å². The summed E-state index contributed by atoms with van der Waals surface area (Å²) in [5, 5.41) is 3.01. The van der Waals surface area contributed by atoms with E-state index in [1.807, 2.05) is 19.2 Å². The molecule has 0 aliphatic rings. The van der Waals surface area contributed by atoms with Crippen molar-refractivity contribution in [2.45, 2.75) is 0 Å². The van der Waals surface area contributed by atoms with Crippen molar-refractivity contribution >= 4 is 11.5 Å². The zero-order valence-corrected chi connectivity index (χ0v) is 8.97. The van der Waals surface area contributed by atoms with E-state index in [9.17, 15) is 4.79 Å². The molecule has 2 aromatic rings. The van der Waals surface area contributed by atoms with Crippen LogP contribution in [0.15, 0.2) is 48.8 Å². The molecule has 0 aliphatic carbocycles. The first-order chi connectivity index (χ1) is 7.81. The molecule has 0 atom stereocenters. The lowest BCUT2D eigenvalue weighted by atomic mass is 10.1. The number of nitrogens with one attached hydrogen (secondary N) is 1. The van der Waals surface area contributed by atoms with Crippen molar-refractivity contribution in [2.24, 2.45) is 0 Å². The summed E-state index contributed by atoms with van der Waals surface area (Å²) in [7, 11) is 1.85. The fraction of sp³-hybridized carbons (Fsp3) is 0.0769. The van der Waals surface area contributed by atoms with Crippen molar-refractivity contribution in [3.05, 3.63) is 59.9 Å². The number of nitrogens with zero attached hydrogens (tertiary/aromatic N) is 1. The first kappa shape index (κ1) is 10.4. The van der Waals surface area contributed by atoms with E-state index in [1.54, 1.807) is 36.7 Å². The normalized spacial score (nSPS) is 9.81. The average molecular weight is 212 g/mol. The Kier molecular flexibility index (Phi) is 2.96. The maximum atomic E-state index is 12.0. The zero-order chi connectivity index (χ0) is 11.4. The lowest BCUT2D eigenvalue weighted by molar-refractivity contribution is 0.103. The number of hydrogen-bond acceptors (Lipinski definition) is 3. The first-order valence-electron chi connectivity index (χ1n) is 5.04. The molecule has 80 valence electrons. The number of ketones is 1. The van der Waals surface area contributed by atoms with Gasteiger partial charge in [-0.05, 0) is 36.4 Å². The summed E-state index contributed by atoms with van der Waals surface area (Å²) in [6, 6.07) is 10.9. The summed E-state index contributed by atoms with van der Waals surface area (Å²) in [5.41, 5.74) is 2.27. The number of benzene rings is 1. The number of aromatic nitrogens is 1. The Hall–Kier alpha value is -2.16. The van der Waals surface area contributed by atoms with E-state index in [0.29, 0.717) is 11.1 Å². The van der Waals surface area contributed by atoms with Crippen molar-refractivity contribution in [1.29, 1.82) is 0 Å². The van der Waals surface area contributed by atoms with Crippen LogP contribution in [-0.4, -0.2) is 17.8 Å². The Morgan fingerprint density at radius 3 is 2.44 bits per heavy atom. The fourth-order valence-electron chi connectivity index (χ4n) is 1.45. The summed E-state index contributed by atoms with van der Waals surface area (Å²) in [4.78, 5) is 15.9. The molecule has 0 fully saturated rings. The molecular formula is C13H12N2O. The van der Waals surface area contributed by atoms with E-state index < -0.39 is 0 Å². The maximum Gasteiger partial charge on any atom is 0.194 e. The van der Waals surface area contributed by atoms with Gasteiger partial charge in [-0.15, -0.1) is 0 Å². The van der Waals surface area contributed by atoms with Crippen molar-refractivity contribution in [1.82, 2.24) is 4.98 Å². The summed E-state index contributed by atoms with van der Waals surface area (Å²) in [5.74, 6) is -0.00393. The van der Waals surface area contributed by atoms with Crippen LogP contribution in [0.5, 0.6) is 0 Å². The molecule has 0 radical (unpaired) electrons. The minimum atomic E-state index is -0.00393. The van der Waals surface area contributed by atoms with Crippen LogP contribution in [-0.2, 0) is 0 Å². The van der Waals surface area contributed by atoms with Gasteiger partial charge in [-0.2, -0.15) is 0 Å². The zero-order valence-electron chi connectivity index (χ0n) is 8.97. The van der Waals surface area contributed by atoms with Gasteiger partial charge in [0.25, 0.3) is 0 Å². The van der Waals surface area contributed by atoms with E-state index in [1.165, 1.54) is 0 Å². The van der Waals surface area contributed by atoms with E-state index in [-0.39, 0.29) is 5.78 Å². The monoisotopic (exact) mass is 212 g/mol. The third-order valence-electron chi connectivity index (χ3n) is 2.36. The molecule has 0 amide bonds. The molecule has 0 spiro atoms. The third-order valence-corrected chi connectivity index (χ3v) is 2.36. The highest BCUT2D eigenvalue weighted by Crippen LogP contribution is 2.12. The van der Waals surface area contributed by atoms with Crippen LogP contribution in [0.3, 0.4) is 0 Å². The Labute approximate surface area is 94.1 Å². The van der Waals surface area contributed by atoms with Gasteiger partial charge in [0.05, 0.1) is 0 Å². The van der Waals surface area contributed by atoms with E-state index in [2.05, 4.69) is 10.3 Å². The summed E-state index contributed by atoms with van der Waals surface area (Å²) in [6.07, 6.45) is 3.23. The van der Waals surface area contributed by atoms with Crippen molar-refractivity contribution in [3.63, 3.8) is 0 Å². The number of hydrogen-bond donors (Lipinski definition) is 1. The molecule has 16 heavy (non-hydrogen) atoms. The Balaban J connectivity index is 2.28. The minimum Gasteiger partial charge on any atom is -0.388 e. The largest absolute Gasteiger partial charge is 0.388 e. The van der Waals surface area contributed by atoms with Crippen LogP contribution in [0.25, 0.3) is 0 Å². The number of rotatable bonds is 3. The van der Waals surface area contributed by atoms with Crippen LogP contribution >= 0.6 is 0 Å². The molecular weight excluding hydrogens is 200 g/mol. The van der Waals surface area contributed by atoms with Gasteiger partial charge in [-0.1, -0.05) is 0 Å². The predicted octanol–water partition coefficient (Wildman–Crippen LogP) is 2.35. The van der Waals surface area contributed by atoms with Crippen LogP contribution in [0, 0.1) is 0 Å². The molecule has 1 N–H and O–H groups in total. The highest BCUT2D eigenvalue weighted by molar-refractivity contribution is 6.08. The second-order valence-electron chi connectivity index (χ2n) is 3.40. The van der Waals surface area contributed by atoms with Gasteiger partial charge >= 0.3 is 0 Å². The van der Waals surface area contributed by atoms with Gasteiger partial charge in [-0.25, -0.2) is 0 Å². The summed E-state index contributed by atoms with van der Waals surface area (Å²) < 4.78 is 0. The molecule has 0 aliphatic heterocycles. The van der Waals surface area contributed by atoms with Crippen LogP contribution in [0.4, 0.5) is 5.69 Å². The molecule has 1 aromatic carbocycles. The second kappa shape index (κ2) is 4.57. The Morgan fingerprint density at radius 1 is 1.12 bits per heavy atom. The lowest BCUT2D eigenvalue weighted by Gasteiger charge is -2.02. The van der Waals surface area contributed by atoms with Gasteiger partial charge in [0.2, 0.25) is 0 Å². The number of carbonyl (C=O) groups excluding carboxylic acids is 1. The number of pyridine rings is 1. The number of carbonyl (C=O) groups is 1. The van der Waals surface area contributed by atoms with Crippen molar-refractivity contribution in [3.8, 4) is 0 Å². The Bertz CT molecular complexity index is 477. The van der Waals surface area contributed by atoms with Gasteiger partial charge in [0.1, 0.15) is 0 Å². The maximum absolute atomic E-state index is 12.0. The van der Waals surface area contributed by atoms with Crippen LogP contribution in [0.2, 0.25) is 0 Å². The number of anilines is 1. The highest BCUT2D eigenvalue weighted by Gasteiger charge is 2.07. The molecule has 0 unspecified atom stereocenters. The lowest BCUT2D eigenvalue weighted by Crippen LogP contribution is -2.01. The first-order valence-corrected chi connectivity index (χ1v) is 5.04. The molecule has 0 bridgehead atoms. The smallest absolute Gasteiger partial charge is 0.194 e. The molecule has 3 heteroatoms. The fourth-order valence-corrected chi connectivity index (χ4v) is 1.45. The van der Waals surface area contributed by atoms with Crippen LogP contribution < -0.4 is 5.32 Å². The summed E-state index contributed by atoms with van der Waals surface area (Å²) in [6.45, 7) is 0. The predicted molar refractivity (Wildman–Crippen MR) is 63.7 cm³/mol. The third kappa shape index (κ3) is 2.08. The van der Waals surface area contributed by atoms with Gasteiger partial charge in [0.15, 0.2) is 5.78 Å². The molecule has 1 aromatic heterocycles. The standard InChI is InChI=1S/C13H12N2O/c1-14-12-6-4-10(5-7-12)13(16)11-3-2-8-15-9-11/h2-9,14H,1H3. The van der Waals surface area contributed by atoms with E-state index in [0.717, 1.165) is 5.69 Å². The molecule has 2 rings (SSSR count). The highest BCUT2D eigenvalue weighted by atomic mass is 16.1. The van der Waals surface area contributed by atoms with E-state index >= 15 is 0 Å².